The molecule has 19 heteroatoms. The van der Waals surface area contributed by atoms with Crippen LogP contribution in [0.3, 0.4) is 0 Å². The van der Waals surface area contributed by atoms with E-state index in [1.807, 2.05) is 6.08 Å². The summed E-state index contributed by atoms with van der Waals surface area (Å²) < 4.78 is 34.5. The Bertz CT molecular complexity index is 2260. The van der Waals surface area contributed by atoms with Crippen molar-refractivity contribution in [1.29, 1.82) is 0 Å². The molecule has 17 atom stereocenters. The molecule has 1 amide bonds. The largest absolute Gasteiger partial charge is 0.394 e. The van der Waals surface area contributed by atoms with Gasteiger partial charge in [-0.15, -0.1) is 0 Å². The van der Waals surface area contributed by atoms with E-state index in [2.05, 4.69) is 92.1 Å². The molecule has 0 bridgehead atoms. The Morgan fingerprint density at radius 1 is 0.346 bits per heavy atom. The highest BCUT2D eigenvalue weighted by Crippen LogP contribution is 2.33. The van der Waals surface area contributed by atoms with Crippen molar-refractivity contribution in [1.82, 2.24) is 5.32 Å². The predicted molar refractivity (Wildman–Crippen MR) is 429 cm³/mol. The number of carbonyl (C=O) groups excluding carboxylic acids is 1. The van der Waals surface area contributed by atoms with E-state index in [1.165, 1.54) is 231 Å². The van der Waals surface area contributed by atoms with Gasteiger partial charge in [-0.3, -0.25) is 4.79 Å². The highest BCUT2D eigenvalue weighted by molar-refractivity contribution is 5.76. The average Bonchev–Trinajstić information content (AvgIpc) is 0.781. The number of hydrogen-bond donors (Lipinski definition) is 12. The normalized spacial score (nSPS) is 25.9. The molecule has 3 heterocycles. The summed E-state index contributed by atoms with van der Waals surface area (Å²) in [5.74, 6) is -0.281. The molecule has 0 spiro atoms. The van der Waals surface area contributed by atoms with Gasteiger partial charge in [-0.25, -0.2) is 0 Å². The smallest absolute Gasteiger partial charge is 0.220 e. The summed E-state index contributed by atoms with van der Waals surface area (Å²) in [6.45, 7) is 1.64. The lowest BCUT2D eigenvalue weighted by Crippen LogP contribution is -2.66. The zero-order chi connectivity index (χ0) is 77.4. The number of ether oxygens (including phenoxy) is 6. The van der Waals surface area contributed by atoms with Crippen molar-refractivity contribution in [3.05, 3.63) is 85.1 Å². The first-order valence-electron chi connectivity index (χ1n) is 43.3. The van der Waals surface area contributed by atoms with Crippen LogP contribution in [0, 0.1) is 0 Å². The van der Waals surface area contributed by atoms with Crippen LogP contribution in [0.4, 0.5) is 0 Å². The molecule has 17 unspecified atom stereocenters. The molecule has 3 rings (SSSR count). The summed E-state index contributed by atoms with van der Waals surface area (Å²) in [7, 11) is 0. The van der Waals surface area contributed by atoms with Gasteiger partial charge in [0.1, 0.15) is 73.2 Å². The molecule has 3 aliphatic rings. The van der Waals surface area contributed by atoms with Crippen molar-refractivity contribution < 1.29 is 89.4 Å². The molecule has 0 aromatic carbocycles. The van der Waals surface area contributed by atoms with Gasteiger partial charge in [0.2, 0.25) is 5.91 Å². The van der Waals surface area contributed by atoms with E-state index in [1.54, 1.807) is 6.08 Å². The summed E-state index contributed by atoms with van der Waals surface area (Å²) in [4.78, 5) is 13.5. The standard InChI is InChI=1S/C88H157NO18/c1-3-5-7-9-11-13-15-17-19-21-23-25-27-28-29-30-31-32-33-34-35-36-37-38-39-40-41-42-44-46-48-50-52-54-56-58-60-62-64-66-76(94)89-71(72(93)65-63-61-59-57-55-53-51-49-47-45-43-26-24-22-20-18-16-14-12-10-8-6-4-2)70-102-86-82(100)79(97)84(74(68-91)104-86)107-88-83(101)80(98)85(75(69-92)105-88)106-87-81(99)78(96)77(95)73(67-90)103-87/h5,7,11,13,17,19,23,25,28-29,55,57,63,65,71-75,77-88,90-93,95-101H,3-4,6,8-10,12,14-16,18,20-22,24,26-27,30-54,56,58-62,64,66-70H2,1-2H3,(H,89,94)/b7-5-,13-11-,19-17-,25-23-,29-28-,57-55+,65-63+. The Hall–Kier alpha value is -3.03. The van der Waals surface area contributed by atoms with E-state index in [0.717, 1.165) is 70.6 Å². The van der Waals surface area contributed by atoms with E-state index in [0.29, 0.717) is 12.8 Å². The summed E-state index contributed by atoms with van der Waals surface area (Å²) in [6.07, 6.45) is 64.5. The second-order valence-corrected chi connectivity index (χ2v) is 30.6. The van der Waals surface area contributed by atoms with Gasteiger partial charge in [-0.2, -0.15) is 0 Å². The highest BCUT2D eigenvalue weighted by atomic mass is 16.8. The Balaban J connectivity index is 1.32. The van der Waals surface area contributed by atoms with Crippen LogP contribution in [0.1, 0.15) is 335 Å². The van der Waals surface area contributed by atoms with Crippen LogP contribution < -0.4 is 5.32 Å². The zero-order valence-corrected chi connectivity index (χ0v) is 66.9. The van der Waals surface area contributed by atoms with Gasteiger partial charge in [0.05, 0.1) is 38.6 Å². The molecule has 622 valence electrons. The molecule has 0 aromatic rings. The molecule has 3 saturated heterocycles. The Morgan fingerprint density at radius 2 is 0.654 bits per heavy atom. The number of aliphatic hydroxyl groups excluding tert-OH is 11. The molecule has 107 heavy (non-hydrogen) atoms. The molecule has 3 fully saturated rings. The fourth-order valence-electron chi connectivity index (χ4n) is 14.3. The Kier molecular flexibility index (Phi) is 61.9. The highest BCUT2D eigenvalue weighted by Gasteiger charge is 2.54. The molecule has 0 aromatic heterocycles. The maximum absolute atomic E-state index is 13.5. The average molecular weight is 1520 g/mol. The number of amides is 1. The minimum Gasteiger partial charge on any atom is -0.394 e. The summed E-state index contributed by atoms with van der Waals surface area (Å²) in [5, 5.41) is 121. The second-order valence-electron chi connectivity index (χ2n) is 30.6. The van der Waals surface area contributed by atoms with Crippen molar-refractivity contribution in [3.63, 3.8) is 0 Å². The van der Waals surface area contributed by atoms with Gasteiger partial charge >= 0.3 is 0 Å². The van der Waals surface area contributed by atoms with Crippen molar-refractivity contribution in [2.75, 3.05) is 26.4 Å². The quantitative estimate of drug-likeness (QED) is 0.0199. The van der Waals surface area contributed by atoms with E-state index in [4.69, 9.17) is 28.4 Å². The molecule has 12 N–H and O–H groups in total. The fourth-order valence-corrected chi connectivity index (χ4v) is 14.3. The predicted octanol–water partition coefficient (Wildman–Crippen LogP) is 15.7. The van der Waals surface area contributed by atoms with Crippen LogP contribution in [-0.4, -0.2) is 193 Å². The molecule has 0 aliphatic carbocycles. The third-order valence-electron chi connectivity index (χ3n) is 21.2. The topological polar surface area (TPSA) is 307 Å². The lowest BCUT2D eigenvalue weighted by atomic mass is 9.96. The van der Waals surface area contributed by atoms with E-state index < -0.39 is 124 Å². The second kappa shape index (κ2) is 67.5. The van der Waals surface area contributed by atoms with Crippen LogP contribution in [0.15, 0.2) is 85.1 Å². The number of nitrogens with one attached hydrogen (secondary N) is 1. The van der Waals surface area contributed by atoms with Crippen LogP contribution >= 0.6 is 0 Å². The number of hydrogen-bond acceptors (Lipinski definition) is 18. The lowest BCUT2D eigenvalue weighted by Gasteiger charge is -2.48. The van der Waals surface area contributed by atoms with Crippen molar-refractivity contribution in [2.45, 2.75) is 439 Å². The first kappa shape index (κ1) is 98.2. The minimum absolute atomic E-state index is 0.236. The number of aliphatic hydroxyl groups is 11. The fraction of sp³-hybridized carbons (Fsp3) is 0.830. The van der Waals surface area contributed by atoms with Gasteiger partial charge in [-0.05, 0) is 77.0 Å². The first-order valence-corrected chi connectivity index (χ1v) is 43.3. The van der Waals surface area contributed by atoms with Crippen molar-refractivity contribution >= 4 is 5.91 Å². The number of allylic oxidation sites excluding steroid dienone is 13. The molecule has 19 nitrogen and oxygen atoms in total. The summed E-state index contributed by atoms with van der Waals surface area (Å²) in [6, 6.07) is -0.993. The van der Waals surface area contributed by atoms with Gasteiger partial charge in [0.25, 0.3) is 0 Å². The molecule has 3 aliphatic heterocycles. The van der Waals surface area contributed by atoms with Gasteiger partial charge in [0, 0.05) is 6.42 Å². The number of unbranched alkanes of at least 4 members (excludes halogenated alkanes) is 41. The molecule has 0 radical (unpaired) electrons. The third-order valence-corrected chi connectivity index (χ3v) is 21.2. The van der Waals surface area contributed by atoms with Crippen molar-refractivity contribution in [2.24, 2.45) is 0 Å². The van der Waals surface area contributed by atoms with Crippen LogP contribution in [0.25, 0.3) is 0 Å². The first-order chi connectivity index (χ1) is 52.3. The zero-order valence-electron chi connectivity index (χ0n) is 66.9. The van der Waals surface area contributed by atoms with Crippen LogP contribution in [0.2, 0.25) is 0 Å². The minimum atomic E-state index is -1.98. The third kappa shape index (κ3) is 46.7. The maximum atomic E-state index is 13.5. The maximum Gasteiger partial charge on any atom is 0.220 e. The van der Waals surface area contributed by atoms with Crippen molar-refractivity contribution in [3.8, 4) is 0 Å². The Morgan fingerprint density at radius 3 is 1.05 bits per heavy atom. The van der Waals surface area contributed by atoms with Gasteiger partial charge < -0.3 is 89.9 Å². The summed E-state index contributed by atoms with van der Waals surface area (Å²) in [5.41, 5.74) is 0. The van der Waals surface area contributed by atoms with Crippen LogP contribution in [-0.2, 0) is 33.2 Å². The number of carbonyl (C=O) groups is 1. The summed E-state index contributed by atoms with van der Waals surface area (Å²) >= 11 is 0. The lowest BCUT2D eigenvalue weighted by molar-refractivity contribution is -0.379. The molecular formula is C88H157NO18. The van der Waals surface area contributed by atoms with E-state index >= 15 is 0 Å². The molecular weight excluding hydrogens is 1360 g/mol. The van der Waals surface area contributed by atoms with E-state index in [-0.39, 0.29) is 18.9 Å². The monoisotopic (exact) mass is 1520 g/mol. The Labute approximate surface area is 648 Å². The van der Waals surface area contributed by atoms with Crippen LogP contribution in [0.5, 0.6) is 0 Å². The van der Waals surface area contributed by atoms with Gasteiger partial charge in [0.15, 0.2) is 18.9 Å². The SMILES string of the molecule is CC/C=C\C/C=C\C/C=C\C/C=C\C/C=C\CCCCCCCCCCCCCCCCCCCCCCCCCC(=O)NC(COC1OC(CO)C(OC2OC(CO)C(OC3OC(CO)C(O)C(O)C3O)C(O)C2O)C(O)C1O)C(O)/C=C/CC/C=C/CCCCCCCCCCCCCCCCCCC. The number of rotatable bonds is 69. The van der Waals surface area contributed by atoms with Gasteiger partial charge in [-0.1, -0.05) is 336 Å². The van der Waals surface area contributed by atoms with E-state index in [9.17, 15) is 61.0 Å². The molecule has 0 saturated carbocycles.